The van der Waals surface area contributed by atoms with Crippen molar-refractivity contribution in [1.82, 2.24) is 5.32 Å². The molecule has 1 fully saturated rings. The van der Waals surface area contributed by atoms with E-state index in [4.69, 9.17) is 4.74 Å². The van der Waals surface area contributed by atoms with Gasteiger partial charge in [0.15, 0.2) is 0 Å². The summed E-state index contributed by atoms with van der Waals surface area (Å²) in [5, 5.41) is 13.3. The summed E-state index contributed by atoms with van der Waals surface area (Å²) in [7, 11) is 1.72. The fraction of sp³-hybridized carbons (Fsp3) is 0.929. The van der Waals surface area contributed by atoms with Gasteiger partial charge in [0.1, 0.15) is 5.54 Å². The van der Waals surface area contributed by atoms with Gasteiger partial charge in [-0.15, -0.1) is 0 Å². The van der Waals surface area contributed by atoms with Gasteiger partial charge in [0.25, 0.3) is 0 Å². The van der Waals surface area contributed by atoms with Gasteiger partial charge >= 0.3 is 5.97 Å². The Morgan fingerprint density at radius 2 is 2.37 bits per heavy atom. The Hall–Kier alpha value is -0.260. The fourth-order valence-electron chi connectivity index (χ4n) is 2.61. The summed E-state index contributed by atoms with van der Waals surface area (Å²) in [5.74, 6) is 0.380. The van der Waals surface area contributed by atoms with Crippen molar-refractivity contribution in [2.75, 3.05) is 26.0 Å². The molecule has 0 aromatic carbocycles. The molecule has 1 saturated carbocycles. The SMILES string of the molecule is CCCNC1(C(=O)O)CCCC(SCCCOC)C1. The Morgan fingerprint density at radius 1 is 1.58 bits per heavy atom. The molecule has 0 aromatic heterocycles. The van der Waals surface area contributed by atoms with E-state index in [0.29, 0.717) is 5.25 Å². The molecule has 0 amide bonds. The van der Waals surface area contributed by atoms with Crippen molar-refractivity contribution in [3.8, 4) is 0 Å². The highest BCUT2D eigenvalue weighted by atomic mass is 32.2. The Morgan fingerprint density at radius 3 is 3.00 bits per heavy atom. The molecular formula is C14H27NO3S. The normalized spacial score (nSPS) is 27.4. The lowest BCUT2D eigenvalue weighted by molar-refractivity contribution is -0.146. The molecule has 2 N–H and O–H groups in total. The second-order valence-electron chi connectivity index (χ2n) is 5.25. The number of carbonyl (C=O) groups is 1. The monoisotopic (exact) mass is 289 g/mol. The number of nitrogens with one attached hydrogen (secondary N) is 1. The van der Waals surface area contributed by atoms with Crippen LogP contribution in [0.2, 0.25) is 0 Å². The van der Waals surface area contributed by atoms with E-state index in [0.717, 1.165) is 57.4 Å². The van der Waals surface area contributed by atoms with Crippen molar-refractivity contribution in [1.29, 1.82) is 0 Å². The zero-order valence-electron chi connectivity index (χ0n) is 12.1. The van der Waals surface area contributed by atoms with Crippen LogP contribution in [0, 0.1) is 0 Å². The molecule has 4 nitrogen and oxygen atoms in total. The van der Waals surface area contributed by atoms with E-state index < -0.39 is 11.5 Å². The number of hydrogen-bond donors (Lipinski definition) is 2. The highest BCUT2D eigenvalue weighted by Crippen LogP contribution is 2.35. The van der Waals surface area contributed by atoms with Gasteiger partial charge in [0.2, 0.25) is 0 Å². The number of carboxylic acids is 1. The van der Waals surface area contributed by atoms with Gasteiger partial charge < -0.3 is 15.2 Å². The summed E-state index contributed by atoms with van der Waals surface area (Å²) in [5.41, 5.74) is -0.687. The maximum Gasteiger partial charge on any atom is 0.323 e. The van der Waals surface area contributed by atoms with Gasteiger partial charge in [0, 0.05) is 19.0 Å². The third-order valence-electron chi connectivity index (χ3n) is 3.67. The molecule has 0 aliphatic heterocycles. The smallest absolute Gasteiger partial charge is 0.323 e. The largest absolute Gasteiger partial charge is 0.480 e. The van der Waals surface area contributed by atoms with Crippen LogP contribution in [0.1, 0.15) is 45.4 Å². The first-order valence-electron chi connectivity index (χ1n) is 7.23. The molecule has 2 unspecified atom stereocenters. The predicted molar refractivity (Wildman–Crippen MR) is 79.9 cm³/mol. The first-order valence-corrected chi connectivity index (χ1v) is 8.28. The summed E-state index contributed by atoms with van der Waals surface area (Å²) >= 11 is 1.91. The lowest BCUT2D eigenvalue weighted by atomic mass is 9.81. The Bertz CT molecular complexity index is 275. The number of rotatable bonds is 9. The average molecular weight is 289 g/mol. The quantitative estimate of drug-likeness (QED) is 0.639. The van der Waals surface area contributed by atoms with Crippen molar-refractivity contribution >= 4 is 17.7 Å². The maximum absolute atomic E-state index is 11.6. The molecule has 1 aliphatic carbocycles. The van der Waals surface area contributed by atoms with Crippen molar-refractivity contribution < 1.29 is 14.6 Å². The van der Waals surface area contributed by atoms with Crippen LogP contribution >= 0.6 is 11.8 Å². The van der Waals surface area contributed by atoms with Crippen LogP contribution < -0.4 is 5.32 Å². The van der Waals surface area contributed by atoms with Crippen LogP contribution in [0.5, 0.6) is 0 Å². The Kier molecular flexibility index (Phi) is 7.80. The predicted octanol–water partition coefficient (Wildman–Crippen LogP) is 2.52. The highest BCUT2D eigenvalue weighted by Gasteiger charge is 2.42. The molecule has 1 rings (SSSR count). The number of aliphatic carboxylic acids is 1. The molecule has 0 bridgehead atoms. The second-order valence-corrected chi connectivity index (χ2v) is 6.66. The lowest BCUT2D eigenvalue weighted by Gasteiger charge is -2.38. The molecule has 1 aliphatic rings. The van der Waals surface area contributed by atoms with E-state index in [1.54, 1.807) is 7.11 Å². The van der Waals surface area contributed by atoms with E-state index in [9.17, 15) is 9.90 Å². The van der Waals surface area contributed by atoms with Crippen molar-refractivity contribution in [2.24, 2.45) is 0 Å². The minimum absolute atomic E-state index is 0.464. The van der Waals surface area contributed by atoms with Gasteiger partial charge in [-0.2, -0.15) is 11.8 Å². The number of methoxy groups -OCH3 is 1. The Labute approximate surface area is 120 Å². The van der Waals surface area contributed by atoms with Crippen molar-refractivity contribution in [3.63, 3.8) is 0 Å². The van der Waals surface area contributed by atoms with E-state index in [-0.39, 0.29) is 0 Å². The first kappa shape index (κ1) is 16.8. The van der Waals surface area contributed by atoms with Crippen LogP contribution in [-0.2, 0) is 9.53 Å². The lowest BCUT2D eigenvalue weighted by Crippen LogP contribution is -2.55. The number of ether oxygens (including phenoxy) is 1. The third-order valence-corrected chi connectivity index (χ3v) is 5.07. The van der Waals surface area contributed by atoms with Gasteiger partial charge in [0.05, 0.1) is 0 Å². The highest BCUT2D eigenvalue weighted by molar-refractivity contribution is 7.99. The van der Waals surface area contributed by atoms with Crippen LogP contribution in [-0.4, -0.2) is 47.9 Å². The Balaban J connectivity index is 2.46. The zero-order chi connectivity index (χ0) is 14.1. The molecule has 5 heteroatoms. The van der Waals surface area contributed by atoms with Crippen LogP contribution in [0.3, 0.4) is 0 Å². The van der Waals surface area contributed by atoms with Crippen molar-refractivity contribution in [2.45, 2.75) is 56.2 Å². The minimum atomic E-state index is -0.687. The standard InChI is InChI=1S/C14H27NO3S/c1-3-8-15-14(13(16)17)7-4-6-12(11-14)19-10-5-9-18-2/h12,15H,3-11H2,1-2H3,(H,16,17). The minimum Gasteiger partial charge on any atom is -0.480 e. The van der Waals surface area contributed by atoms with E-state index in [1.807, 2.05) is 11.8 Å². The third kappa shape index (κ3) is 5.32. The van der Waals surface area contributed by atoms with Gasteiger partial charge in [-0.05, 0) is 50.8 Å². The maximum atomic E-state index is 11.6. The van der Waals surface area contributed by atoms with Gasteiger partial charge in [-0.25, -0.2) is 0 Å². The molecule has 112 valence electrons. The first-order chi connectivity index (χ1) is 9.14. The van der Waals surface area contributed by atoms with E-state index >= 15 is 0 Å². The number of carboxylic acid groups (broad SMARTS) is 1. The fourth-order valence-corrected chi connectivity index (χ4v) is 3.97. The molecule has 2 atom stereocenters. The van der Waals surface area contributed by atoms with Crippen molar-refractivity contribution in [3.05, 3.63) is 0 Å². The molecule has 0 saturated heterocycles. The summed E-state index contributed by atoms with van der Waals surface area (Å²) in [6.45, 7) is 3.65. The van der Waals surface area contributed by atoms with Crippen LogP contribution in [0.15, 0.2) is 0 Å². The topological polar surface area (TPSA) is 58.6 Å². The summed E-state index contributed by atoms with van der Waals surface area (Å²) in [6, 6.07) is 0. The average Bonchev–Trinajstić information content (AvgIpc) is 2.41. The molecule has 19 heavy (non-hydrogen) atoms. The van der Waals surface area contributed by atoms with Gasteiger partial charge in [-0.1, -0.05) is 6.92 Å². The van der Waals surface area contributed by atoms with Gasteiger partial charge in [-0.3, -0.25) is 4.79 Å². The molecule has 0 heterocycles. The molecule has 0 aromatic rings. The molecular weight excluding hydrogens is 262 g/mol. The molecule has 0 radical (unpaired) electrons. The zero-order valence-corrected chi connectivity index (χ0v) is 12.9. The number of thioether (sulfide) groups is 1. The summed E-state index contributed by atoms with van der Waals surface area (Å²) in [4.78, 5) is 11.6. The molecule has 0 spiro atoms. The van der Waals surface area contributed by atoms with E-state index in [2.05, 4.69) is 12.2 Å². The summed E-state index contributed by atoms with van der Waals surface area (Å²) in [6.07, 6.45) is 5.67. The van der Waals surface area contributed by atoms with E-state index in [1.165, 1.54) is 0 Å². The number of hydrogen-bond acceptors (Lipinski definition) is 4. The van der Waals surface area contributed by atoms with Crippen LogP contribution in [0.25, 0.3) is 0 Å². The van der Waals surface area contributed by atoms with Crippen LogP contribution in [0.4, 0.5) is 0 Å². The second kappa shape index (κ2) is 8.82. The summed E-state index contributed by atoms with van der Waals surface area (Å²) < 4.78 is 5.04.